The van der Waals surface area contributed by atoms with Crippen molar-refractivity contribution in [3.63, 3.8) is 0 Å². The molecule has 1 amide bonds. The van der Waals surface area contributed by atoms with Gasteiger partial charge in [0.25, 0.3) is 0 Å². The molecule has 1 N–H and O–H groups in total. The Morgan fingerprint density at radius 3 is 2.64 bits per heavy atom. The molecule has 2 aromatic carbocycles. The molecule has 1 atom stereocenters. The maximum Gasteiger partial charge on any atom is 0.224 e. The predicted molar refractivity (Wildman–Crippen MR) is 112 cm³/mol. The monoisotopic (exact) mass is 399 g/mol. The van der Waals surface area contributed by atoms with Crippen LogP contribution in [-0.2, 0) is 11.2 Å². The Morgan fingerprint density at radius 2 is 1.96 bits per heavy atom. The average molecular weight is 400 g/mol. The lowest BCUT2D eigenvalue weighted by Gasteiger charge is -2.13. The summed E-state index contributed by atoms with van der Waals surface area (Å²) in [7, 11) is 0. The minimum absolute atomic E-state index is 0.0426. The third-order valence-electron chi connectivity index (χ3n) is 4.56. The summed E-state index contributed by atoms with van der Waals surface area (Å²) in [5.41, 5.74) is 2.29. The molecule has 1 aliphatic rings. The number of fused-ring (bicyclic) bond motifs is 1. The number of nitrogens with one attached hydrogen (secondary N) is 1. The van der Waals surface area contributed by atoms with E-state index in [1.54, 1.807) is 23.9 Å². The fourth-order valence-corrected chi connectivity index (χ4v) is 3.58. The molecule has 6 heteroatoms. The Hall–Kier alpha value is -2.47. The van der Waals surface area contributed by atoms with Crippen LogP contribution in [0.4, 0.5) is 5.69 Å². The smallest absolute Gasteiger partial charge is 0.224 e. The SMILES string of the molecule is CCOc1cc2c(cc1NC(=O)CCC(=O)c1ccc(SC)cc1)O[C@H](C)C2. The van der Waals surface area contributed by atoms with Crippen LogP contribution in [0.15, 0.2) is 41.3 Å². The van der Waals surface area contributed by atoms with E-state index in [4.69, 9.17) is 9.47 Å². The van der Waals surface area contributed by atoms with Crippen LogP contribution in [-0.4, -0.2) is 30.7 Å². The first-order valence-electron chi connectivity index (χ1n) is 9.43. The van der Waals surface area contributed by atoms with E-state index < -0.39 is 0 Å². The Kier molecular flexibility index (Phi) is 6.62. The molecular weight excluding hydrogens is 374 g/mol. The summed E-state index contributed by atoms with van der Waals surface area (Å²) < 4.78 is 11.5. The third-order valence-corrected chi connectivity index (χ3v) is 5.31. The molecule has 0 saturated carbocycles. The summed E-state index contributed by atoms with van der Waals surface area (Å²) in [5.74, 6) is 1.14. The maximum absolute atomic E-state index is 12.4. The predicted octanol–water partition coefficient (Wildman–Crippen LogP) is 4.73. The largest absolute Gasteiger partial charge is 0.492 e. The zero-order valence-electron chi connectivity index (χ0n) is 16.4. The highest BCUT2D eigenvalue weighted by atomic mass is 32.2. The summed E-state index contributed by atoms with van der Waals surface area (Å²) in [5, 5.41) is 2.87. The molecule has 2 aromatic rings. The molecule has 28 heavy (non-hydrogen) atoms. The van der Waals surface area contributed by atoms with Gasteiger partial charge in [-0.3, -0.25) is 9.59 Å². The number of amides is 1. The van der Waals surface area contributed by atoms with Gasteiger partial charge in [-0.1, -0.05) is 12.1 Å². The van der Waals surface area contributed by atoms with E-state index in [2.05, 4.69) is 5.32 Å². The van der Waals surface area contributed by atoms with E-state index in [9.17, 15) is 9.59 Å². The lowest BCUT2D eigenvalue weighted by molar-refractivity contribution is -0.116. The van der Waals surface area contributed by atoms with Crippen LogP contribution in [0.3, 0.4) is 0 Å². The second-order valence-electron chi connectivity index (χ2n) is 6.72. The molecule has 0 saturated heterocycles. The van der Waals surface area contributed by atoms with E-state index in [-0.39, 0.29) is 30.6 Å². The average Bonchev–Trinajstić information content (AvgIpc) is 3.05. The number of carbonyl (C=O) groups excluding carboxylic acids is 2. The third kappa shape index (κ3) is 4.87. The zero-order valence-corrected chi connectivity index (χ0v) is 17.2. The van der Waals surface area contributed by atoms with Crippen molar-refractivity contribution in [1.29, 1.82) is 0 Å². The van der Waals surface area contributed by atoms with E-state index in [1.165, 1.54) is 0 Å². The summed E-state index contributed by atoms with van der Waals surface area (Å²) in [6, 6.07) is 11.2. The van der Waals surface area contributed by atoms with Crippen LogP contribution >= 0.6 is 11.8 Å². The second-order valence-corrected chi connectivity index (χ2v) is 7.60. The highest BCUT2D eigenvalue weighted by Crippen LogP contribution is 2.38. The minimum Gasteiger partial charge on any atom is -0.492 e. The first-order chi connectivity index (χ1) is 13.5. The van der Waals surface area contributed by atoms with Gasteiger partial charge in [0, 0.05) is 41.4 Å². The quantitative estimate of drug-likeness (QED) is 0.513. The molecule has 0 aromatic heterocycles. The van der Waals surface area contributed by atoms with E-state index in [0.717, 1.165) is 22.6 Å². The number of benzene rings is 2. The van der Waals surface area contributed by atoms with Crippen LogP contribution in [0.5, 0.6) is 11.5 Å². The van der Waals surface area contributed by atoms with Crippen LogP contribution in [0.25, 0.3) is 0 Å². The van der Waals surface area contributed by atoms with Gasteiger partial charge in [-0.2, -0.15) is 0 Å². The topological polar surface area (TPSA) is 64.6 Å². The van der Waals surface area contributed by atoms with Crippen molar-refractivity contribution in [2.45, 2.75) is 44.1 Å². The van der Waals surface area contributed by atoms with Crippen LogP contribution in [0.1, 0.15) is 42.6 Å². The normalized spacial score (nSPS) is 14.9. The summed E-state index contributed by atoms with van der Waals surface area (Å²) >= 11 is 1.62. The molecule has 5 nitrogen and oxygen atoms in total. The van der Waals surface area contributed by atoms with Gasteiger partial charge in [0.1, 0.15) is 17.6 Å². The number of rotatable bonds is 8. The molecule has 0 radical (unpaired) electrons. The summed E-state index contributed by atoms with van der Waals surface area (Å²) in [4.78, 5) is 25.8. The Balaban J connectivity index is 1.62. The molecule has 0 fully saturated rings. The van der Waals surface area contributed by atoms with Crippen LogP contribution in [0, 0.1) is 0 Å². The maximum atomic E-state index is 12.4. The van der Waals surface area contributed by atoms with Gasteiger partial charge in [0.05, 0.1) is 12.3 Å². The fourth-order valence-electron chi connectivity index (χ4n) is 3.17. The molecule has 1 heterocycles. The molecule has 148 valence electrons. The van der Waals surface area contributed by atoms with Gasteiger partial charge in [-0.05, 0) is 38.3 Å². The van der Waals surface area contributed by atoms with Gasteiger partial charge < -0.3 is 14.8 Å². The van der Waals surface area contributed by atoms with Gasteiger partial charge in [0.15, 0.2) is 5.78 Å². The van der Waals surface area contributed by atoms with Crippen molar-refractivity contribution in [1.82, 2.24) is 0 Å². The molecule has 3 rings (SSSR count). The van der Waals surface area contributed by atoms with Gasteiger partial charge in [-0.15, -0.1) is 11.8 Å². The number of hydrogen-bond donors (Lipinski definition) is 1. The van der Waals surface area contributed by atoms with Crippen LogP contribution in [0.2, 0.25) is 0 Å². The van der Waals surface area contributed by atoms with Crippen molar-refractivity contribution in [3.05, 3.63) is 47.5 Å². The number of Topliss-reactive ketones (excluding diaryl/α,β-unsaturated/α-hetero) is 1. The van der Waals surface area contributed by atoms with Gasteiger partial charge >= 0.3 is 0 Å². The standard InChI is InChI=1S/C22H25NO4S/c1-4-26-21-12-16-11-14(2)27-20(16)13-18(21)23-22(25)10-9-19(24)15-5-7-17(28-3)8-6-15/h5-8,12-14H,4,9-11H2,1-3H3,(H,23,25)/t14-/m1/s1. The van der Waals surface area contributed by atoms with Gasteiger partial charge in [0.2, 0.25) is 5.91 Å². The molecular formula is C22H25NO4S. The molecule has 0 spiro atoms. The van der Waals surface area contributed by atoms with Crippen LogP contribution < -0.4 is 14.8 Å². The number of hydrogen-bond acceptors (Lipinski definition) is 5. The number of carbonyl (C=O) groups is 2. The lowest BCUT2D eigenvalue weighted by atomic mass is 10.1. The van der Waals surface area contributed by atoms with Crippen molar-refractivity contribution < 1.29 is 19.1 Å². The molecule has 1 aliphatic heterocycles. The number of ether oxygens (including phenoxy) is 2. The van der Waals surface area contributed by atoms with Gasteiger partial charge in [-0.25, -0.2) is 0 Å². The summed E-state index contributed by atoms with van der Waals surface area (Å²) in [6.45, 7) is 4.41. The molecule has 0 aliphatic carbocycles. The first kappa shape index (κ1) is 20.3. The molecule has 0 bridgehead atoms. The number of anilines is 1. The Morgan fingerprint density at radius 1 is 1.21 bits per heavy atom. The van der Waals surface area contributed by atoms with Crippen molar-refractivity contribution in [3.8, 4) is 11.5 Å². The van der Waals surface area contributed by atoms with E-state index in [0.29, 0.717) is 23.6 Å². The second kappa shape index (κ2) is 9.15. The van der Waals surface area contributed by atoms with E-state index in [1.807, 2.05) is 44.4 Å². The highest BCUT2D eigenvalue weighted by Gasteiger charge is 2.22. The number of thioether (sulfide) groups is 1. The molecule has 0 unspecified atom stereocenters. The van der Waals surface area contributed by atoms with Crippen molar-refractivity contribution >= 4 is 29.1 Å². The first-order valence-corrected chi connectivity index (χ1v) is 10.7. The minimum atomic E-state index is -0.221. The van der Waals surface area contributed by atoms with E-state index >= 15 is 0 Å². The lowest BCUT2D eigenvalue weighted by Crippen LogP contribution is -2.14. The Labute approximate surface area is 169 Å². The summed E-state index contributed by atoms with van der Waals surface area (Å²) in [6.07, 6.45) is 3.21. The highest BCUT2D eigenvalue weighted by molar-refractivity contribution is 7.98. The number of ketones is 1. The Bertz CT molecular complexity index is 864. The van der Waals surface area contributed by atoms with Crippen molar-refractivity contribution in [2.24, 2.45) is 0 Å². The fraction of sp³-hybridized carbons (Fsp3) is 0.364. The van der Waals surface area contributed by atoms with Crippen molar-refractivity contribution in [2.75, 3.05) is 18.2 Å². The zero-order chi connectivity index (χ0) is 20.1.